The molecule has 258 valence electrons. The number of halogens is 3. The third kappa shape index (κ3) is 7.80. The quantitative estimate of drug-likeness (QED) is 0.204. The Morgan fingerprint density at radius 1 is 1.06 bits per heavy atom. The minimum absolute atomic E-state index is 0.0938. The molecule has 2 aliphatic heterocycles. The molecule has 1 fully saturated rings. The summed E-state index contributed by atoms with van der Waals surface area (Å²) in [5, 5.41) is 3.84. The average Bonchev–Trinajstić information content (AvgIpc) is 3.25. The van der Waals surface area contributed by atoms with E-state index in [2.05, 4.69) is 31.9 Å². The molecule has 0 saturated carbocycles. The third-order valence-electron chi connectivity index (χ3n) is 9.12. The molecule has 1 N–H and O–H groups in total. The second-order valence-electron chi connectivity index (χ2n) is 14.6. The van der Waals surface area contributed by atoms with Crippen LogP contribution in [0, 0.1) is 12.7 Å². The Balaban J connectivity index is 0.000000579. The number of hydrogen-bond donors (Lipinski definition) is 1. The number of esters is 1. The van der Waals surface area contributed by atoms with E-state index >= 15 is 0 Å². The number of likely N-dealkylation sites (tertiary alicyclic amines) is 1. The van der Waals surface area contributed by atoms with Crippen molar-refractivity contribution in [3.8, 4) is 0 Å². The van der Waals surface area contributed by atoms with Crippen LogP contribution >= 0.6 is 23.2 Å². The lowest BCUT2D eigenvalue weighted by molar-refractivity contribution is -0.164. The van der Waals surface area contributed by atoms with E-state index in [0.29, 0.717) is 43.7 Å². The zero-order chi connectivity index (χ0) is 35.8. The van der Waals surface area contributed by atoms with Gasteiger partial charge >= 0.3 is 5.97 Å². The Bertz CT molecular complexity index is 1710. The van der Waals surface area contributed by atoms with E-state index in [9.17, 15) is 18.8 Å². The van der Waals surface area contributed by atoms with E-state index in [0.717, 1.165) is 0 Å². The maximum Gasteiger partial charge on any atom is 0.326 e. The van der Waals surface area contributed by atoms with Gasteiger partial charge in [-0.05, 0) is 93.3 Å². The van der Waals surface area contributed by atoms with Crippen molar-refractivity contribution in [1.29, 1.82) is 0 Å². The second kappa shape index (κ2) is 14.3. The first-order valence-electron chi connectivity index (χ1n) is 16.0. The Morgan fingerprint density at radius 3 is 2.31 bits per heavy atom. The van der Waals surface area contributed by atoms with Crippen LogP contribution in [0.3, 0.4) is 0 Å². The third-order valence-corrected chi connectivity index (χ3v) is 12.3. The van der Waals surface area contributed by atoms with Crippen molar-refractivity contribution in [1.82, 2.24) is 4.90 Å². The van der Waals surface area contributed by atoms with Crippen LogP contribution < -0.4 is 5.32 Å². The number of anilines is 1. The Morgan fingerprint density at radius 2 is 1.73 bits per heavy atom. The Kier molecular flexibility index (Phi) is 11.2. The molecular weight excluding hydrogens is 670 g/mol. The molecule has 7 nitrogen and oxygen atoms in total. The molecule has 2 heterocycles. The highest BCUT2D eigenvalue weighted by Crippen LogP contribution is 2.60. The van der Waals surface area contributed by atoms with E-state index in [1.165, 1.54) is 17.0 Å². The fourth-order valence-corrected chi connectivity index (χ4v) is 7.53. The topological polar surface area (TPSA) is 84.9 Å². The highest BCUT2D eigenvalue weighted by atomic mass is 35.5. The lowest BCUT2D eigenvalue weighted by Crippen LogP contribution is -2.59. The van der Waals surface area contributed by atoms with Crippen molar-refractivity contribution in [2.24, 2.45) is 0 Å². The molecule has 0 bridgehead atoms. The highest BCUT2D eigenvalue weighted by molar-refractivity contribution is 6.77. The van der Waals surface area contributed by atoms with Gasteiger partial charge in [-0.2, -0.15) is 0 Å². The standard InChI is InChI=1S/C31H29Cl2FN2O4.C6H16OSi/c1-17-8-10-21(34)14-22(17)28-31(23-11-9-20(33)13-25(23)35-29(31)39)24(18-6-5-7-19(32)12-18)15-26(37)36(28)16-27(38)40-30(2,3)4;1-6(7-2)8(3,4)5/h5-14,24,28H,15-16H2,1-4H3,(H,35,39);6H,1-5H3/t24-,28+,31-;/m0./s1. The number of piperidine rings is 1. The van der Waals surface area contributed by atoms with Crippen LogP contribution in [-0.2, 0) is 29.3 Å². The molecule has 0 aromatic heterocycles. The number of benzene rings is 3. The molecule has 1 spiro atoms. The first kappa shape index (κ1) is 37.6. The summed E-state index contributed by atoms with van der Waals surface area (Å²) in [6.07, 6.45) is -0.0938. The van der Waals surface area contributed by atoms with Gasteiger partial charge < -0.3 is 19.7 Å². The van der Waals surface area contributed by atoms with Crippen molar-refractivity contribution in [2.75, 3.05) is 19.0 Å². The summed E-state index contributed by atoms with van der Waals surface area (Å²) < 4.78 is 25.6. The Labute approximate surface area is 294 Å². The predicted octanol–water partition coefficient (Wildman–Crippen LogP) is 8.63. The lowest BCUT2D eigenvalue weighted by atomic mass is 9.58. The molecule has 0 radical (unpaired) electrons. The van der Waals surface area contributed by atoms with Gasteiger partial charge in [-0.3, -0.25) is 14.4 Å². The summed E-state index contributed by atoms with van der Waals surface area (Å²) in [7, 11) is 0.798. The number of carbonyl (C=O) groups is 3. The summed E-state index contributed by atoms with van der Waals surface area (Å²) in [6.45, 7) is 15.6. The summed E-state index contributed by atoms with van der Waals surface area (Å²) in [6, 6.07) is 15.3. The second-order valence-corrected chi connectivity index (χ2v) is 21.0. The Hall–Kier alpha value is -3.24. The van der Waals surface area contributed by atoms with E-state index in [1.807, 2.05) is 6.07 Å². The highest BCUT2D eigenvalue weighted by Gasteiger charge is 2.64. The van der Waals surface area contributed by atoms with Crippen LogP contribution in [0.4, 0.5) is 10.1 Å². The van der Waals surface area contributed by atoms with Crippen molar-refractivity contribution < 1.29 is 28.2 Å². The SMILES string of the molecule is COC(C)[Si](C)(C)C.Cc1ccc(F)cc1[C@H]1N(CC(=O)OC(C)(C)C)C(=O)C[C@@H](c2cccc(Cl)c2)[C@]12C(=O)Nc1cc(Cl)ccc12. The van der Waals surface area contributed by atoms with Crippen LogP contribution in [0.15, 0.2) is 60.7 Å². The largest absolute Gasteiger partial charge is 0.459 e. The molecule has 5 rings (SSSR count). The molecule has 3 aromatic rings. The molecule has 1 saturated heterocycles. The lowest BCUT2D eigenvalue weighted by Gasteiger charge is -2.51. The number of carbonyl (C=O) groups excluding carboxylic acids is 3. The van der Waals surface area contributed by atoms with Crippen molar-refractivity contribution >= 4 is 54.7 Å². The summed E-state index contributed by atoms with van der Waals surface area (Å²) in [5.41, 5.74) is 1.10. The molecule has 3 aromatic carbocycles. The van der Waals surface area contributed by atoms with Gasteiger partial charge in [0, 0.05) is 40.9 Å². The predicted molar refractivity (Wildman–Crippen MR) is 192 cm³/mol. The van der Waals surface area contributed by atoms with Gasteiger partial charge in [0.15, 0.2) is 0 Å². The smallest absolute Gasteiger partial charge is 0.326 e. The number of hydrogen-bond acceptors (Lipinski definition) is 5. The average molecular weight is 716 g/mol. The maximum absolute atomic E-state index is 14.9. The number of aryl methyl sites for hydroxylation is 1. The van der Waals surface area contributed by atoms with Crippen LogP contribution in [0.2, 0.25) is 29.7 Å². The van der Waals surface area contributed by atoms with E-state index in [-0.39, 0.29) is 18.2 Å². The first-order valence-corrected chi connectivity index (χ1v) is 20.3. The monoisotopic (exact) mass is 714 g/mol. The molecule has 2 amide bonds. The van der Waals surface area contributed by atoms with Gasteiger partial charge in [-0.25, -0.2) is 4.39 Å². The van der Waals surface area contributed by atoms with Crippen molar-refractivity contribution in [3.05, 3.63) is 98.8 Å². The summed E-state index contributed by atoms with van der Waals surface area (Å²) >= 11 is 12.7. The zero-order valence-electron chi connectivity index (χ0n) is 29.0. The van der Waals surface area contributed by atoms with Gasteiger partial charge in [0.2, 0.25) is 11.8 Å². The number of methoxy groups -OCH3 is 1. The van der Waals surface area contributed by atoms with Crippen LogP contribution in [-0.4, -0.2) is 55.7 Å². The fourth-order valence-electron chi connectivity index (χ4n) is 6.45. The van der Waals surface area contributed by atoms with E-state index in [1.54, 1.807) is 77.3 Å². The number of amides is 2. The first-order chi connectivity index (χ1) is 22.3. The van der Waals surface area contributed by atoms with Gasteiger partial charge in [0.05, 0.1) is 14.1 Å². The van der Waals surface area contributed by atoms with Crippen LogP contribution in [0.1, 0.15) is 68.3 Å². The number of rotatable bonds is 6. The summed E-state index contributed by atoms with van der Waals surface area (Å²) in [4.78, 5) is 42.9. The molecule has 0 aliphatic carbocycles. The molecule has 48 heavy (non-hydrogen) atoms. The van der Waals surface area contributed by atoms with Crippen LogP contribution in [0.25, 0.3) is 0 Å². The normalized spacial score (nSPS) is 21.3. The van der Waals surface area contributed by atoms with Gasteiger partial charge in [-0.15, -0.1) is 0 Å². The molecule has 11 heteroatoms. The summed E-state index contributed by atoms with van der Waals surface area (Å²) in [5.74, 6) is -2.61. The molecule has 2 aliphatic rings. The van der Waals surface area contributed by atoms with Crippen molar-refractivity contribution in [2.45, 2.75) is 89.4 Å². The van der Waals surface area contributed by atoms with Gasteiger partial charge in [-0.1, -0.05) is 67.1 Å². The molecular formula is C37H45Cl2FN2O5Si. The van der Waals surface area contributed by atoms with Crippen molar-refractivity contribution in [3.63, 3.8) is 0 Å². The van der Waals surface area contributed by atoms with Gasteiger partial charge in [0.1, 0.15) is 23.4 Å². The fraction of sp³-hybridized carbons (Fsp3) is 0.432. The number of ether oxygens (including phenoxy) is 2. The van der Waals surface area contributed by atoms with E-state index < -0.39 is 49.4 Å². The number of fused-ring (bicyclic) bond motifs is 2. The van der Waals surface area contributed by atoms with Crippen LogP contribution in [0.5, 0.6) is 0 Å². The number of nitrogens with one attached hydrogen (secondary N) is 1. The minimum atomic E-state index is -1.45. The molecule has 4 atom stereocenters. The molecule has 1 unspecified atom stereocenters. The number of nitrogens with zero attached hydrogens (tertiary/aromatic N) is 1. The van der Waals surface area contributed by atoms with Gasteiger partial charge in [0.25, 0.3) is 0 Å². The minimum Gasteiger partial charge on any atom is -0.459 e. The zero-order valence-corrected chi connectivity index (χ0v) is 31.6. The van der Waals surface area contributed by atoms with E-state index in [4.69, 9.17) is 32.7 Å². The maximum atomic E-state index is 14.9.